The Bertz CT molecular complexity index is 957. The third-order valence-corrected chi connectivity index (χ3v) is 5.23. The first-order valence-corrected chi connectivity index (χ1v) is 9.13. The number of tetrazole rings is 1. The van der Waals surface area contributed by atoms with Crippen LogP contribution in [0.5, 0.6) is 0 Å². The molecule has 7 nitrogen and oxygen atoms in total. The number of nitrogens with zero attached hydrogens (tertiary/aromatic N) is 6. The molecule has 0 N–H and O–H groups in total. The maximum atomic E-state index is 12.8. The van der Waals surface area contributed by atoms with Gasteiger partial charge in [0.2, 0.25) is 0 Å². The van der Waals surface area contributed by atoms with Gasteiger partial charge in [0.1, 0.15) is 0 Å². The van der Waals surface area contributed by atoms with Gasteiger partial charge in [0.25, 0.3) is 0 Å². The third kappa shape index (κ3) is 2.87. The molecule has 136 valence electrons. The molecule has 0 radical (unpaired) electrons. The largest absolute Gasteiger partial charge is 0.331 e. The van der Waals surface area contributed by atoms with E-state index in [1.807, 2.05) is 25.1 Å². The van der Waals surface area contributed by atoms with Crippen molar-refractivity contribution < 1.29 is 4.79 Å². The molecule has 1 aromatic carbocycles. The highest BCUT2D eigenvalue weighted by atomic mass is 16.2. The summed E-state index contributed by atoms with van der Waals surface area (Å²) in [5.41, 5.74) is 3.87. The molecule has 0 bridgehead atoms. The van der Waals surface area contributed by atoms with Crippen LogP contribution in [0.4, 0.5) is 4.79 Å². The highest BCUT2D eigenvalue weighted by Crippen LogP contribution is 2.28. The smallest absolute Gasteiger partial charge is 0.320 e. The minimum absolute atomic E-state index is 0.0480. The Morgan fingerprint density at radius 1 is 1.23 bits per heavy atom. The molecule has 0 unspecified atom stereocenters. The van der Waals surface area contributed by atoms with Gasteiger partial charge in [-0.2, -0.15) is 4.52 Å². The van der Waals surface area contributed by atoms with Crippen molar-refractivity contribution >= 4 is 22.6 Å². The maximum Gasteiger partial charge on any atom is 0.320 e. The zero-order chi connectivity index (χ0) is 18.3. The van der Waals surface area contributed by atoms with Crippen molar-refractivity contribution in [2.75, 3.05) is 14.1 Å². The van der Waals surface area contributed by atoms with E-state index in [9.17, 15) is 4.79 Å². The molecule has 0 atom stereocenters. The summed E-state index contributed by atoms with van der Waals surface area (Å²) in [5, 5.41) is 13.3. The van der Waals surface area contributed by atoms with Crippen LogP contribution in [0.1, 0.15) is 36.8 Å². The zero-order valence-electron chi connectivity index (χ0n) is 15.5. The van der Waals surface area contributed by atoms with Crippen LogP contribution in [0.3, 0.4) is 0 Å². The number of aromatic nitrogens is 4. The molecule has 26 heavy (non-hydrogen) atoms. The average molecular weight is 352 g/mol. The van der Waals surface area contributed by atoms with Gasteiger partial charge in [-0.3, -0.25) is 0 Å². The summed E-state index contributed by atoms with van der Waals surface area (Å²) in [6.07, 6.45) is 4.49. The summed E-state index contributed by atoms with van der Waals surface area (Å²) >= 11 is 0. The summed E-state index contributed by atoms with van der Waals surface area (Å²) in [6, 6.07) is 8.69. The molecule has 1 aliphatic rings. The van der Waals surface area contributed by atoms with Gasteiger partial charge >= 0.3 is 6.03 Å². The number of carbonyl (C=O) groups excluding carboxylic acids is 1. The van der Waals surface area contributed by atoms with Crippen LogP contribution in [0.15, 0.2) is 24.3 Å². The van der Waals surface area contributed by atoms with E-state index in [-0.39, 0.29) is 12.1 Å². The summed E-state index contributed by atoms with van der Waals surface area (Å²) < 4.78 is 1.77. The number of hydrogen-bond acceptors (Lipinski definition) is 4. The topological polar surface area (TPSA) is 66.6 Å². The normalized spacial score (nSPS) is 15.0. The molecule has 2 aromatic heterocycles. The van der Waals surface area contributed by atoms with Crippen LogP contribution in [0.2, 0.25) is 0 Å². The molecule has 0 spiro atoms. The Kier molecular flexibility index (Phi) is 4.22. The fourth-order valence-electron chi connectivity index (χ4n) is 3.91. The van der Waals surface area contributed by atoms with E-state index in [0.717, 1.165) is 35.0 Å². The lowest BCUT2D eigenvalue weighted by atomic mass is 10.1. The van der Waals surface area contributed by atoms with E-state index in [4.69, 9.17) is 0 Å². The number of fused-ring (bicyclic) bond motifs is 3. The molecule has 3 aromatic rings. The summed E-state index contributed by atoms with van der Waals surface area (Å²) in [4.78, 5) is 16.5. The molecule has 0 aliphatic heterocycles. The molecule has 7 heteroatoms. The lowest BCUT2D eigenvalue weighted by Crippen LogP contribution is -2.44. The Balaban J connectivity index is 1.80. The summed E-state index contributed by atoms with van der Waals surface area (Å²) in [7, 11) is 3.62. The minimum atomic E-state index is 0.0480. The quantitative estimate of drug-likeness (QED) is 0.727. The van der Waals surface area contributed by atoms with Gasteiger partial charge in [0, 0.05) is 31.1 Å². The van der Waals surface area contributed by atoms with Crippen LogP contribution >= 0.6 is 0 Å². The molecule has 4 rings (SSSR count). The Labute approximate surface area is 152 Å². The highest BCUT2D eigenvalue weighted by molar-refractivity contribution is 5.84. The van der Waals surface area contributed by atoms with Gasteiger partial charge in [-0.25, -0.2) is 4.79 Å². The lowest BCUT2D eigenvalue weighted by Gasteiger charge is -2.31. The van der Waals surface area contributed by atoms with E-state index >= 15 is 0 Å². The Morgan fingerprint density at radius 2 is 2.00 bits per heavy atom. The van der Waals surface area contributed by atoms with Crippen molar-refractivity contribution in [3.05, 3.63) is 35.4 Å². The molecule has 0 saturated heterocycles. The van der Waals surface area contributed by atoms with Crippen LogP contribution in [-0.4, -0.2) is 56.0 Å². The van der Waals surface area contributed by atoms with Gasteiger partial charge in [0.05, 0.1) is 12.1 Å². The number of benzene rings is 1. The van der Waals surface area contributed by atoms with E-state index in [0.29, 0.717) is 6.54 Å². The first kappa shape index (κ1) is 16.8. The van der Waals surface area contributed by atoms with Gasteiger partial charge in [-0.1, -0.05) is 24.5 Å². The standard InChI is InChI=1S/C19H24N6O/c1-13-8-9-17-14(10-13)11-15(18-20-21-22-25(17)18)12-24(19(26)23(2)3)16-6-4-5-7-16/h8-11,16H,4-7,12H2,1-3H3. The predicted molar refractivity (Wildman–Crippen MR) is 99.9 cm³/mol. The number of rotatable bonds is 3. The second kappa shape index (κ2) is 6.55. The van der Waals surface area contributed by atoms with Gasteiger partial charge in [-0.05, 0) is 48.4 Å². The van der Waals surface area contributed by atoms with Crippen molar-refractivity contribution in [1.82, 2.24) is 29.8 Å². The highest BCUT2D eigenvalue weighted by Gasteiger charge is 2.28. The second-order valence-corrected chi connectivity index (χ2v) is 7.39. The van der Waals surface area contributed by atoms with Crippen molar-refractivity contribution in [1.29, 1.82) is 0 Å². The fraction of sp³-hybridized carbons (Fsp3) is 0.474. The molecule has 1 saturated carbocycles. The van der Waals surface area contributed by atoms with Crippen molar-refractivity contribution in [3.63, 3.8) is 0 Å². The molecule has 1 aliphatic carbocycles. The van der Waals surface area contributed by atoms with Crippen molar-refractivity contribution in [3.8, 4) is 0 Å². The number of carbonyl (C=O) groups is 1. The zero-order valence-corrected chi connectivity index (χ0v) is 15.5. The van der Waals surface area contributed by atoms with Gasteiger partial charge in [-0.15, -0.1) is 5.10 Å². The molecule has 2 heterocycles. The molecule has 1 fully saturated rings. The van der Waals surface area contributed by atoms with Gasteiger partial charge < -0.3 is 9.80 Å². The van der Waals surface area contributed by atoms with Crippen LogP contribution in [0, 0.1) is 6.92 Å². The monoisotopic (exact) mass is 352 g/mol. The number of pyridine rings is 1. The summed E-state index contributed by atoms with van der Waals surface area (Å²) in [6.45, 7) is 2.60. The molecular formula is C19H24N6O. The Hall–Kier alpha value is -2.70. The SMILES string of the molecule is Cc1ccc2c(c1)cc(CN(C(=O)N(C)C)C1CCCC1)c1nnnn12. The number of aryl methyl sites for hydroxylation is 1. The second-order valence-electron chi connectivity index (χ2n) is 7.39. The average Bonchev–Trinajstić information content (AvgIpc) is 3.30. The third-order valence-electron chi connectivity index (χ3n) is 5.23. The van der Waals surface area contributed by atoms with E-state index in [2.05, 4.69) is 40.6 Å². The van der Waals surface area contributed by atoms with Crippen molar-refractivity contribution in [2.24, 2.45) is 0 Å². The molecule has 2 amide bonds. The van der Waals surface area contributed by atoms with E-state index in [1.165, 1.54) is 18.4 Å². The van der Waals surface area contributed by atoms with E-state index < -0.39 is 0 Å². The summed E-state index contributed by atoms with van der Waals surface area (Å²) in [5.74, 6) is 0. The van der Waals surface area contributed by atoms with Crippen LogP contribution in [-0.2, 0) is 6.54 Å². The maximum absolute atomic E-state index is 12.8. The number of hydrogen-bond donors (Lipinski definition) is 0. The minimum Gasteiger partial charge on any atom is -0.331 e. The number of urea groups is 1. The van der Waals surface area contributed by atoms with E-state index in [1.54, 1.807) is 9.42 Å². The van der Waals surface area contributed by atoms with Crippen molar-refractivity contribution in [2.45, 2.75) is 45.2 Å². The molecular weight excluding hydrogens is 328 g/mol. The first-order chi connectivity index (χ1) is 12.5. The Morgan fingerprint density at radius 3 is 2.73 bits per heavy atom. The van der Waals surface area contributed by atoms with Crippen LogP contribution in [0.25, 0.3) is 16.6 Å². The number of amides is 2. The van der Waals surface area contributed by atoms with Gasteiger partial charge in [0.15, 0.2) is 5.65 Å². The predicted octanol–water partition coefficient (Wildman–Crippen LogP) is 3.01. The fourth-order valence-corrected chi connectivity index (χ4v) is 3.91. The lowest BCUT2D eigenvalue weighted by molar-refractivity contribution is 0.146. The first-order valence-electron chi connectivity index (χ1n) is 9.13. The van der Waals surface area contributed by atoms with Crippen LogP contribution < -0.4 is 0 Å².